The molecule has 7 nitrogen and oxygen atoms in total. The molecule has 150 valence electrons. The minimum atomic E-state index is -0.823. The molecule has 0 bridgehead atoms. The Labute approximate surface area is 159 Å². The second-order valence-electron chi connectivity index (χ2n) is 7.04. The van der Waals surface area contributed by atoms with Crippen LogP contribution in [0.25, 0.3) is 0 Å². The Morgan fingerprint density at radius 3 is 2.52 bits per heavy atom. The van der Waals surface area contributed by atoms with Crippen molar-refractivity contribution < 1.29 is 19.1 Å². The molecule has 0 atom stereocenters. The van der Waals surface area contributed by atoms with Crippen molar-refractivity contribution in [1.29, 1.82) is 0 Å². The minimum absolute atomic E-state index is 0.0421. The molecule has 3 N–H and O–H groups in total. The maximum Gasteiger partial charge on any atom is 0.317 e. The number of rotatable bonds is 10. The van der Waals surface area contributed by atoms with E-state index in [2.05, 4.69) is 15.5 Å². The number of urea groups is 1. The molecule has 1 aliphatic carbocycles. The van der Waals surface area contributed by atoms with Gasteiger partial charge in [-0.05, 0) is 44.1 Å². The van der Waals surface area contributed by atoms with Crippen LogP contribution in [0, 0.1) is 5.82 Å². The predicted molar refractivity (Wildman–Crippen MR) is 101 cm³/mol. The zero-order chi connectivity index (χ0) is 19.8. The quantitative estimate of drug-likeness (QED) is 0.573. The zero-order valence-corrected chi connectivity index (χ0v) is 15.9. The number of benzene rings is 1. The summed E-state index contributed by atoms with van der Waals surface area (Å²) in [5.74, 6) is -1.07. The molecule has 2 amide bonds. The van der Waals surface area contributed by atoms with Gasteiger partial charge in [-0.3, -0.25) is 9.69 Å². The summed E-state index contributed by atoms with van der Waals surface area (Å²) >= 11 is 0. The SMILES string of the molecule is CCN(CC(=O)O)C1CC(NC(=O)NCCN(C)Cc2ccc(F)cc2)C1. The van der Waals surface area contributed by atoms with E-state index in [-0.39, 0.29) is 30.5 Å². The number of hydrogen-bond donors (Lipinski definition) is 3. The summed E-state index contributed by atoms with van der Waals surface area (Å²) in [7, 11) is 1.95. The van der Waals surface area contributed by atoms with E-state index in [0.717, 1.165) is 18.4 Å². The molecule has 0 aromatic heterocycles. The normalized spacial score (nSPS) is 19.0. The average molecular weight is 380 g/mol. The van der Waals surface area contributed by atoms with Crippen molar-refractivity contribution in [3.8, 4) is 0 Å². The van der Waals surface area contributed by atoms with Gasteiger partial charge >= 0.3 is 12.0 Å². The molecule has 1 aromatic rings. The molecule has 1 saturated carbocycles. The van der Waals surface area contributed by atoms with Gasteiger partial charge in [0.15, 0.2) is 0 Å². The largest absolute Gasteiger partial charge is 0.480 e. The van der Waals surface area contributed by atoms with Crippen molar-refractivity contribution in [1.82, 2.24) is 20.4 Å². The zero-order valence-electron chi connectivity index (χ0n) is 15.9. The molecule has 1 aliphatic rings. The van der Waals surface area contributed by atoms with Crippen molar-refractivity contribution in [3.63, 3.8) is 0 Å². The number of nitrogens with one attached hydrogen (secondary N) is 2. The Bertz CT molecular complexity index is 620. The fourth-order valence-electron chi connectivity index (χ4n) is 3.25. The van der Waals surface area contributed by atoms with Gasteiger partial charge in [-0.2, -0.15) is 0 Å². The van der Waals surface area contributed by atoms with Crippen molar-refractivity contribution in [2.75, 3.05) is 33.2 Å². The van der Waals surface area contributed by atoms with E-state index < -0.39 is 5.97 Å². The highest BCUT2D eigenvalue weighted by Crippen LogP contribution is 2.25. The molecule has 0 saturated heterocycles. The van der Waals surface area contributed by atoms with Gasteiger partial charge in [0, 0.05) is 31.7 Å². The Kier molecular flexibility index (Phi) is 7.99. The molecular weight excluding hydrogens is 351 g/mol. The number of hydrogen-bond acceptors (Lipinski definition) is 4. The van der Waals surface area contributed by atoms with Crippen LogP contribution in [-0.2, 0) is 11.3 Å². The van der Waals surface area contributed by atoms with E-state index in [4.69, 9.17) is 5.11 Å². The number of nitrogens with zero attached hydrogens (tertiary/aromatic N) is 2. The van der Waals surface area contributed by atoms with Crippen LogP contribution in [0.5, 0.6) is 0 Å². The summed E-state index contributed by atoms with van der Waals surface area (Å²) in [5, 5.41) is 14.7. The topological polar surface area (TPSA) is 84.9 Å². The number of halogens is 1. The van der Waals surface area contributed by atoms with E-state index in [1.807, 2.05) is 18.9 Å². The van der Waals surface area contributed by atoms with Crippen molar-refractivity contribution in [3.05, 3.63) is 35.6 Å². The van der Waals surface area contributed by atoms with E-state index >= 15 is 0 Å². The Morgan fingerprint density at radius 1 is 1.26 bits per heavy atom. The lowest BCUT2D eigenvalue weighted by Gasteiger charge is -2.42. The van der Waals surface area contributed by atoms with Crippen molar-refractivity contribution in [2.24, 2.45) is 0 Å². The molecule has 0 radical (unpaired) electrons. The molecule has 0 spiro atoms. The first-order valence-electron chi connectivity index (χ1n) is 9.30. The van der Waals surface area contributed by atoms with Gasteiger partial charge in [-0.15, -0.1) is 0 Å². The highest BCUT2D eigenvalue weighted by atomic mass is 19.1. The number of likely N-dealkylation sites (N-methyl/N-ethyl adjacent to an activating group) is 2. The summed E-state index contributed by atoms with van der Waals surface area (Å²) in [5.41, 5.74) is 1.02. The highest BCUT2D eigenvalue weighted by Gasteiger charge is 2.34. The standard InChI is InChI=1S/C19H29FN4O3/c1-3-24(13-18(25)26)17-10-16(11-17)22-19(27)21-8-9-23(2)12-14-4-6-15(20)7-5-14/h4-7,16-17H,3,8-13H2,1-2H3,(H,25,26)(H2,21,22,27). The first-order chi connectivity index (χ1) is 12.9. The maximum absolute atomic E-state index is 12.9. The smallest absolute Gasteiger partial charge is 0.317 e. The third kappa shape index (κ3) is 7.15. The number of carboxylic acids is 1. The first-order valence-corrected chi connectivity index (χ1v) is 9.30. The average Bonchev–Trinajstić information content (AvgIpc) is 2.58. The third-order valence-corrected chi connectivity index (χ3v) is 4.85. The monoisotopic (exact) mass is 380 g/mol. The summed E-state index contributed by atoms with van der Waals surface area (Å²) in [6.07, 6.45) is 1.55. The van der Waals surface area contributed by atoms with Gasteiger partial charge in [-0.25, -0.2) is 9.18 Å². The van der Waals surface area contributed by atoms with E-state index in [1.54, 1.807) is 12.1 Å². The van der Waals surface area contributed by atoms with Crippen LogP contribution in [-0.4, -0.2) is 72.2 Å². The molecule has 2 rings (SSSR count). The van der Waals surface area contributed by atoms with Crippen LogP contribution >= 0.6 is 0 Å². The summed E-state index contributed by atoms with van der Waals surface area (Å²) in [6, 6.07) is 6.50. The van der Waals surface area contributed by atoms with Crippen molar-refractivity contribution in [2.45, 2.75) is 38.4 Å². The molecule has 0 aliphatic heterocycles. The number of carboxylic acid groups (broad SMARTS) is 1. The Balaban J connectivity index is 1.59. The molecule has 8 heteroatoms. The lowest BCUT2D eigenvalue weighted by atomic mass is 9.85. The molecule has 0 unspecified atom stereocenters. The second kappa shape index (κ2) is 10.2. The van der Waals surface area contributed by atoms with Gasteiger partial charge in [0.25, 0.3) is 0 Å². The Hall–Kier alpha value is -2.19. The van der Waals surface area contributed by atoms with Crippen LogP contribution < -0.4 is 10.6 Å². The lowest BCUT2D eigenvalue weighted by Crippen LogP contribution is -2.56. The van der Waals surface area contributed by atoms with Gasteiger partial charge < -0.3 is 20.6 Å². The molecular formula is C19H29FN4O3. The molecule has 1 aromatic carbocycles. The van der Waals surface area contributed by atoms with Gasteiger partial charge in [0.2, 0.25) is 0 Å². The second-order valence-corrected chi connectivity index (χ2v) is 7.04. The predicted octanol–water partition coefficient (Wildman–Crippen LogP) is 1.49. The van der Waals surface area contributed by atoms with Gasteiger partial charge in [0.05, 0.1) is 6.54 Å². The van der Waals surface area contributed by atoms with Crippen LogP contribution in [0.15, 0.2) is 24.3 Å². The summed E-state index contributed by atoms with van der Waals surface area (Å²) < 4.78 is 12.9. The van der Waals surface area contributed by atoms with Crippen molar-refractivity contribution >= 4 is 12.0 Å². The molecule has 0 heterocycles. The molecule has 27 heavy (non-hydrogen) atoms. The molecule has 1 fully saturated rings. The Morgan fingerprint density at radius 2 is 1.93 bits per heavy atom. The fraction of sp³-hybridized carbons (Fsp3) is 0.579. The fourth-order valence-corrected chi connectivity index (χ4v) is 3.25. The highest BCUT2D eigenvalue weighted by molar-refractivity contribution is 5.74. The third-order valence-electron chi connectivity index (χ3n) is 4.85. The van der Waals surface area contributed by atoms with Crippen LogP contribution in [0.2, 0.25) is 0 Å². The maximum atomic E-state index is 12.9. The number of amides is 2. The lowest BCUT2D eigenvalue weighted by molar-refractivity contribution is -0.139. The van der Waals surface area contributed by atoms with Crippen LogP contribution in [0.3, 0.4) is 0 Å². The van der Waals surface area contributed by atoms with E-state index in [0.29, 0.717) is 26.2 Å². The summed E-state index contributed by atoms with van der Waals surface area (Å²) in [6.45, 7) is 4.56. The number of aliphatic carboxylic acids is 1. The van der Waals surface area contributed by atoms with E-state index in [1.165, 1.54) is 12.1 Å². The number of carbonyl (C=O) groups excluding carboxylic acids is 1. The summed E-state index contributed by atoms with van der Waals surface area (Å²) in [4.78, 5) is 26.8. The number of carbonyl (C=O) groups is 2. The van der Waals surface area contributed by atoms with Gasteiger partial charge in [-0.1, -0.05) is 19.1 Å². The first kappa shape index (κ1) is 21.1. The van der Waals surface area contributed by atoms with E-state index in [9.17, 15) is 14.0 Å². The van der Waals surface area contributed by atoms with Crippen LogP contribution in [0.1, 0.15) is 25.3 Å². The van der Waals surface area contributed by atoms with Crippen LogP contribution in [0.4, 0.5) is 9.18 Å². The van der Waals surface area contributed by atoms with Gasteiger partial charge in [0.1, 0.15) is 5.82 Å². The minimum Gasteiger partial charge on any atom is -0.480 e.